The summed E-state index contributed by atoms with van der Waals surface area (Å²) in [5, 5.41) is 9.64. The van der Waals surface area contributed by atoms with E-state index in [9.17, 15) is 4.39 Å². The number of nitrogens with zero attached hydrogens (tertiary/aromatic N) is 1. The van der Waals surface area contributed by atoms with Crippen molar-refractivity contribution in [3.63, 3.8) is 0 Å². The van der Waals surface area contributed by atoms with Crippen LogP contribution in [0.5, 0.6) is 0 Å². The number of rotatable bonds is 3. The number of hydrogen-bond donors (Lipinski definition) is 1. The van der Waals surface area contributed by atoms with Crippen LogP contribution in [0.15, 0.2) is 18.2 Å². The summed E-state index contributed by atoms with van der Waals surface area (Å²) >= 11 is 6.00. The van der Waals surface area contributed by atoms with Crippen molar-refractivity contribution in [1.29, 1.82) is 0 Å². The summed E-state index contributed by atoms with van der Waals surface area (Å²) in [7, 11) is 0. The van der Waals surface area contributed by atoms with Crippen molar-refractivity contribution in [2.45, 2.75) is 19.4 Å². The normalized spacial score (nSPS) is 21.7. The first kappa shape index (κ1) is 12.8. The molecule has 2 nitrogen and oxygen atoms in total. The average molecular weight is 258 g/mol. The molecule has 94 valence electrons. The molecule has 0 radical (unpaired) electrons. The molecule has 0 spiro atoms. The number of hydrogen-bond acceptors (Lipinski definition) is 2. The van der Waals surface area contributed by atoms with Crippen LogP contribution in [0.3, 0.4) is 0 Å². The van der Waals surface area contributed by atoms with Gasteiger partial charge in [0.1, 0.15) is 5.82 Å². The second kappa shape index (κ2) is 5.80. The zero-order valence-electron chi connectivity index (χ0n) is 9.70. The van der Waals surface area contributed by atoms with Crippen molar-refractivity contribution in [3.05, 3.63) is 34.6 Å². The molecule has 2 rings (SSSR count). The fraction of sp³-hybridized carbons (Fsp3) is 0.538. The van der Waals surface area contributed by atoms with Crippen molar-refractivity contribution in [3.8, 4) is 0 Å². The molecule has 0 aliphatic carbocycles. The predicted octanol–water partition coefficient (Wildman–Crippen LogP) is 2.68. The van der Waals surface area contributed by atoms with Gasteiger partial charge in [-0.05, 0) is 37.4 Å². The third kappa shape index (κ3) is 3.18. The lowest BCUT2D eigenvalue weighted by atomic mass is 9.98. The van der Waals surface area contributed by atoms with Gasteiger partial charge in [-0.3, -0.25) is 4.90 Å². The highest BCUT2D eigenvalue weighted by Gasteiger charge is 2.20. The summed E-state index contributed by atoms with van der Waals surface area (Å²) in [6, 6.07) is 4.77. The molecule has 0 amide bonds. The summed E-state index contributed by atoms with van der Waals surface area (Å²) < 4.78 is 13.6. The van der Waals surface area contributed by atoms with E-state index in [1.807, 2.05) is 0 Å². The molecular formula is C13H17ClFNO. The molecule has 0 unspecified atom stereocenters. The van der Waals surface area contributed by atoms with Gasteiger partial charge < -0.3 is 5.11 Å². The van der Waals surface area contributed by atoms with Gasteiger partial charge in [-0.15, -0.1) is 0 Å². The van der Waals surface area contributed by atoms with Gasteiger partial charge in [0.15, 0.2) is 0 Å². The molecule has 0 aromatic heterocycles. The van der Waals surface area contributed by atoms with E-state index in [1.54, 1.807) is 12.1 Å². The smallest absolute Gasteiger partial charge is 0.129 e. The van der Waals surface area contributed by atoms with E-state index in [4.69, 9.17) is 16.7 Å². The molecule has 1 N–H and O–H groups in total. The molecule has 1 heterocycles. The van der Waals surface area contributed by atoms with Crippen LogP contribution in [0, 0.1) is 11.7 Å². The molecule has 4 heteroatoms. The highest BCUT2D eigenvalue weighted by molar-refractivity contribution is 6.31. The average Bonchev–Trinajstić information content (AvgIpc) is 2.34. The number of halogens is 2. The molecule has 1 aliphatic heterocycles. The lowest BCUT2D eigenvalue weighted by molar-refractivity contribution is 0.115. The molecule has 1 fully saturated rings. The van der Waals surface area contributed by atoms with Gasteiger partial charge >= 0.3 is 0 Å². The number of aliphatic hydroxyl groups is 1. The number of benzene rings is 1. The first-order valence-electron chi connectivity index (χ1n) is 5.97. The Balaban J connectivity index is 2.05. The van der Waals surface area contributed by atoms with Crippen LogP contribution in [0.25, 0.3) is 0 Å². The Labute approximate surface area is 106 Å². The third-order valence-corrected chi connectivity index (χ3v) is 3.66. The van der Waals surface area contributed by atoms with Gasteiger partial charge in [-0.25, -0.2) is 4.39 Å². The molecule has 0 bridgehead atoms. The van der Waals surface area contributed by atoms with E-state index in [1.165, 1.54) is 6.07 Å². The van der Waals surface area contributed by atoms with Crippen LogP contribution in [0.4, 0.5) is 4.39 Å². The molecule has 1 saturated heterocycles. The van der Waals surface area contributed by atoms with Crippen LogP contribution < -0.4 is 0 Å². The largest absolute Gasteiger partial charge is 0.396 e. The molecule has 1 atom stereocenters. The van der Waals surface area contributed by atoms with E-state index < -0.39 is 0 Å². The van der Waals surface area contributed by atoms with Crippen LogP contribution >= 0.6 is 11.6 Å². The Morgan fingerprint density at radius 2 is 2.29 bits per heavy atom. The minimum Gasteiger partial charge on any atom is -0.396 e. The Kier molecular flexibility index (Phi) is 4.37. The lowest BCUT2D eigenvalue weighted by Gasteiger charge is -2.32. The van der Waals surface area contributed by atoms with Gasteiger partial charge in [0.2, 0.25) is 0 Å². The molecule has 1 aromatic carbocycles. The van der Waals surface area contributed by atoms with E-state index in [-0.39, 0.29) is 12.4 Å². The van der Waals surface area contributed by atoms with E-state index in [0.29, 0.717) is 23.0 Å². The standard InChI is InChI=1S/C13H17ClFNO/c14-12-4-1-5-13(15)11(12)8-16-6-2-3-10(7-16)9-17/h1,4-5,10,17H,2-3,6-9H2/t10-/m0/s1. The minimum atomic E-state index is -0.247. The lowest BCUT2D eigenvalue weighted by Crippen LogP contribution is -2.36. The second-order valence-electron chi connectivity index (χ2n) is 4.63. The van der Waals surface area contributed by atoms with E-state index >= 15 is 0 Å². The Bertz CT molecular complexity index is 365. The first-order chi connectivity index (χ1) is 8.20. The van der Waals surface area contributed by atoms with Crippen molar-refractivity contribution < 1.29 is 9.50 Å². The third-order valence-electron chi connectivity index (χ3n) is 3.30. The van der Waals surface area contributed by atoms with Crippen LogP contribution in [0.2, 0.25) is 5.02 Å². The molecular weight excluding hydrogens is 241 g/mol. The van der Waals surface area contributed by atoms with Crippen LogP contribution in [-0.2, 0) is 6.54 Å². The summed E-state index contributed by atoms with van der Waals surface area (Å²) in [4.78, 5) is 2.16. The van der Waals surface area contributed by atoms with Crippen molar-refractivity contribution in [1.82, 2.24) is 4.90 Å². The second-order valence-corrected chi connectivity index (χ2v) is 5.03. The molecule has 1 aliphatic rings. The molecule has 1 aromatic rings. The Morgan fingerprint density at radius 1 is 1.47 bits per heavy atom. The quantitative estimate of drug-likeness (QED) is 0.900. The van der Waals surface area contributed by atoms with E-state index in [2.05, 4.69) is 4.90 Å². The predicted molar refractivity (Wildman–Crippen MR) is 66.5 cm³/mol. The summed E-state index contributed by atoms with van der Waals surface area (Å²) in [5.41, 5.74) is 0.563. The van der Waals surface area contributed by atoms with Crippen LogP contribution in [0.1, 0.15) is 18.4 Å². The van der Waals surface area contributed by atoms with Gasteiger partial charge in [0.25, 0.3) is 0 Å². The maximum atomic E-state index is 13.6. The maximum Gasteiger partial charge on any atom is 0.129 e. The van der Waals surface area contributed by atoms with Gasteiger partial charge in [0, 0.05) is 30.3 Å². The zero-order chi connectivity index (χ0) is 12.3. The highest BCUT2D eigenvalue weighted by Crippen LogP contribution is 2.23. The van der Waals surface area contributed by atoms with Gasteiger partial charge in [-0.1, -0.05) is 17.7 Å². The summed E-state index contributed by atoms with van der Waals surface area (Å²) in [6.45, 7) is 2.51. The zero-order valence-corrected chi connectivity index (χ0v) is 10.5. The first-order valence-corrected chi connectivity index (χ1v) is 6.34. The van der Waals surface area contributed by atoms with Crippen molar-refractivity contribution in [2.75, 3.05) is 19.7 Å². The number of aliphatic hydroxyl groups excluding tert-OH is 1. The SMILES string of the molecule is OC[C@H]1CCCN(Cc2c(F)cccc2Cl)C1. The highest BCUT2D eigenvalue weighted by atomic mass is 35.5. The van der Waals surface area contributed by atoms with E-state index in [0.717, 1.165) is 25.9 Å². The fourth-order valence-corrected chi connectivity index (χ4v) is 2.57. The minimum absolute atomic E-state index is 0.210. The molecule has 0 saturated carbocycles. The number of likely N-dealkylation sites (tertiary alicyclic amines) is 1. The summed E-state index contributed by atoms with van der Waals surface area (Å²) in [5.74, 6) is 0.0675. The Morgan fingerprint density at radius 3 is 3.00 bits per heavy atom. The monoisotopic (exact) mass is 257 g/mol. The van der Waals surface area contributed by atoms with Gasteiger partial charge in [0.05, 0.1) is 0 Å². The maximum absolute atomic E-state index is 13.6. The van der Waals surface area contributed by atoms with Crippen LogP contribution in [-0.4, -0.2) is 29.7 Å². The fourth-order valence-electron chi connectivity index (χ4n) is 2.35. The summed E-state index contributed by atoms with van der Waals surface area (Å²) in [6.07, 6.45) is 2.11. The van der Waals surface area contributed by atoms with Crippen molar-refractivity contribution in [2.24, 2.45) is 5.92 Å². The molecule has 17 heavy (non-hydrogen) atoms. The van der Waals surface area contributed by atoms with Gasteiger partial charge in [-0.2, -0.15) is 0 Å². The Hall–Kier alpha value is -0.640. The van der Waals surface area contributed by atoms with Crippen molar-refractivity contribution >= 4 is 11.6 Å². The topological polar surface area (TPSA) is 23.5 Å². The number of piperidine rings is 1.